The summed E-state index contributed by atoms with van der Waals surface area (Å²) in [5.41, 5.74) is 0.226. The van der Waals surface area contributed by atoms with E-state index in [4.69, 9.17) is 4.42 Å². The molecule has 0 aliphatic rings. The van der Waals surface area contributed by atoms with E-state index < -0.39 is 24.7 Å². The minimum atomic E-state index is -4.38. The van der Waals surface area contributed by atoms with Crippen molar-refractivity contribution in [3.8, 4) is 10.8 Å². The third-order valence-corrected chi connectivity index (χ3v) is 3.74. The van der Waals surface area contributed by atoms with Crippen LogP contribution in [0.4, 0.5) is 13.2 Å². The van der Waals surface area contributed by atoms with Crippen LogP contribution in [0.3, 0.4) is 0 Å². The lowest BCUT2D eigenvalue weighted by molar-refractivity contribution is -0.174. The van der Waals surface area contributed by atoms with Crippen LogP contribution in [0.5, 0.6) is 0 Å². The number of furan rings is 1. The predicted molar refractivity (Wildman–Crippen MR) is 78.4 cm³/mol. The van der Waals surface area contributed by atoms with Gasteiger partial charge >= 0.3 is 6.18 Å². The van der Waals surface area contributed by atoms with Gasteiger partial charge in [-0.1, -0.05) is 0 Å². The summed E-state index contributed by atoms with van der Waals surface area (Å²) in [6.45, 7) is 1.72. The zero-order chi connectivity index (χ0) is 17.0. The Bertz CT molecular complexity index is 653. The monoisotopic (exact) mass is 348 g/mol. The van der Waals surface area contributed by atoms with Crippen molar-refractivity contribution in [2.24, 2.45) is 0 Å². The fraction of sp³-hybridized carbons (Fsp3) is 0.429. The lowest BCUT2D eigenvalue weighted by Gasteiger charge is -2.14. The SMILES string of the molecule is Cc1sc(-c2ccco2)nc1C(=O)NC(C)COCC(F)(F)F. The predicted octanol–water partition coefficient (Wildman–Crippen LogP) is 3.41. The summed E-state index contributed by atoms with van der Waals surface area (Å²) in [6.07, 6.45) is -2.88. The zero-order valence-corrected chi connectivity index (χ0v) is 13.3. The fourth-order valence-electron chi connectivity index (χ4n) is 1.80. The van der Waals surface area contributed by atoms with Crippen LogP contribution < -0.4 is 5.32 Å². The number of ether oxygens (including phenoxy) is 1. The summed E-state index contributed by atoms with van der Waals surface area (Å²) < 4.78 is 45.7. The summed E-state index contributed by atoms with van der Waals surface area (Å²) in [7, 11) is 0. The average molecular weight is 348 g/mol. The van der Waals surface area contributed by atoms with Gasteiger partial charge in [-0.2, -0.15) is 13.2 Å². The normalized spacial score (nSPS) is 13.1. The molecule has 0 saturated carbocycles. The highest BCUT2D eigenvalue weighted by atomic mass is 32.1. The maximum Gasteiger partial charge on any atom is 0.411 e. The Labute approximate surface area is 134 Å². The van der Waals surface area contributed by atoms with Gasteiger partial charge in [-0.05, 0) is 26.0 Å². The smallest absolute Gasteiger partial charge is 0.411 e. The lowest BCUT2D eigenvalue weighted by Crippen LogP contribution is -2.37. The van der Waals surface area contributed by atoms with Crippen molar-refractivity contribution in [1.82, 2.24) is 10.3 Å². The molecule has 0 aliphatic heterocycles. The molecular formula is C14H15F3N2O3S. The van der Waals surface area contributed by atoms with Gasteiger partial charge in [0.1, 0.15) is 12.3 Å². The minimum Gasteiger partial charge on any atom is -0.462 e. The number of nitrogens with one attached hydrogen (secondary N) is 1. The first kappa shape index (κ1) is 17.5. The van der Waals surface area contributed by atoms with E-state index in [0.29, 0.717) is 15.6 Å². The van der Waals surface area contributed by atoms with Crippen molar-refractivity contribution in [2.45, 2.75) is 26.1 Å². The molecule has 1 unspecified atom stereocenters. The molecule has 5 nitrogen and oxygen atoms in total. The van der Waals surface area contributed by atoms with Gasteiger partial charge in [0.05, 0.1) is 12.9 Å². The molecule has 1 amide bonds. The first-order chi connectivity index (χ1) is 10.8. The number of halogens is 3. The van der Waals surface area contributed by atoms with Gasteiger partial charge in [-0.3, -0.25) is 4.79 Å². The van der Waals surface area contributed by atoms with Crippen LogP contribution in [-0.4, -0.2) is 36.3 Å². The van der Waals surface area contributed by atoms with E-state index in [1.807, 2.05) is 0 Å². The van der Waals surface area contributed by atoms with Crippen LogP contribution in [0.15, 0.2) is 22.8 Å². The molecule has 126 valence electrons. The molecule has 0 fully saturated rings. The first-order valence-corrected chi connectivity index (χ1v) is 7.54. The number of nitrogens with zero attached hydrogens (tertiary/aromatic N) is 1. The number of hydrogen-bond donors (Lipinski definition) is 1. The number of thiazole rings is 1. The first-order valence-electron chi connectivity index (χ1n) is 6.73. The van der Waals surface area contributed by atoms with Gasteiger partial charge < -0.3 is 14.5 Å². The Balaban J connectivity index is 1.93. The molecule has 0 radical (unpaired) electrons. The Kier molecular flexibility index (Phi) is 5.42. The molecule has 2 rings (SSSR count). The van der Waals surface area contributed by atoms with Gasteiger partial charge in [0.25, 0.3) is 5.91 Å². The Morgan fingerprint density at radius 3 is 2.87 bits per heavy atom. The average Bonchev–Trinajstić information content (AvgIpc) is 3.05. The summed E-state index contributed by atoms with van der Waals surface area (Å²) in [4.78, 5) is 17.1. The van der Waals surface area contributed by atoms with Crippen molar-refractivity contribution in [3.63, 3.8) is 0 Å². The van der Waals surface area contributed by atoms with Gasteiger partial charge in [0.15, 0.2) is 10.8 Å². The van der Waals surface area contributed by atoms with Crippen LogP contribution in [0.1, 0.15) is 22.3 Å². The van der Waals surface area contributed by atoms with Crippen LogP contribution in [0.2, 0.25) is 0 Å². The Hall–Kier alpha value is -1.87. The Morgan fingerprint density at radius 1 is 1.52 bits per heavy atom. The largest absolute Gasteiger partial charge is 0.462 e. The van der Waals surface area contributed by atoms with E-state index >= 15 is 0 Å². The number of aryl methyl sites for hydroxylation is 1. The van der Waals surface area contributed by atoms with Crippen LogP contribution in [0.25, 0.3) is 10.8 Å². The quantitative estimate of drug-likeness (QED) is 0.869. The molecule has 0 aromatic carbocycles. The highest BCUT2D eigenvalue weighted by Gasteiger charge is 2.28. The van der Waals surface area contributed by atoms with Crippen LogP contribution >= 0.6 is 11.3 Å². The van der Waals surface area contributed by atoms with Gasteiger partial charge in [0, 0.05) is 10.9 Å². The molecule has 2 heterocycles. The van der Waals surface area contributed by atoms with Gasteiger partial charge in [-0.25, -0.2) is 4.98 Å². The molecule has 23 heavy (non-hydrogen) atoms. The highest BCUT2D eigenvalue weighted by Crippen LogP contribution is 2.27. The third-order valence-electron chi connectivity index (χ3n) is 2.75. The molecule has 1 N–H and O–H groups in total. The fourth-order valence-corrected chi connectivity index (χ4v) is 2.68. The van der Waals surface area contributed by atoms with E-state index in [-0.39, 0.29) is 12.3 Å². The summed E-state index contributed by atoms with van der Waals surface area (Å²) in [5, 5.41) is 3.13. The number of amides is 1. The molecule has 0 saturated heterocycles. The summed E-state index contributed by atoms with van der Waals surface area (Å²) in [5.74, 6) is 0.0957. The number of aromatic nitrogens is 1. The van der Waals surface area contributed by atoms with Gasteiger partial charge in [-0.15, -0.1) is 11.3 Å². The maximum atomic E-state index is 12.1. The third kappa shape index (κ3) is 5.07. The maximum absolute atomic E-state index is 12.1. The van der Waals surface area contributed by atoms with E-state index in [9.17, 15) is 18.0 Å². The summed E-state index contributed by atoms with van der Waals surface area (Å²) >= 11 is 1.30. The Morgan fingerprint density at radius 2 is 2.26 bits per heavy atom. The standard InChI is InChI=1S/C14H15F3N2O3S/c1-8(6-21-7-14(15,16)17)18-12(20)11-9(2)23-13(19-11)10-4-3-5-22-10/h3-5,8H,6-7H2,1-2H3,(H,18,20). The second kappa shape index (κ2) is 7.14. The van der Waals surface area contributed by atoms with Crippen molar-refractivity contribution >= 4 is 17.2 Å². The molecule has 0 spiro atoms. The summed E-state index contributed by atoms with van der Waals surface area (Å²) in [6, 6.07) is 2.87. The highest BCUT2D eigenvalue weighted by molar-refractivity contribution is 7.15. The minimum absolute atomic E-state index is 0.226. The van der Waals surface area contributed by atoms with Crippen LogP contribution in [-0.2, 0) is 4.74 Å². The molecule has 2 aromatic rings. The van der Waals surface area contributed by atoms with E-state index in [1.54, 1.807) is 26.0 Å². The van der Waals surface area contributed by atoms with E-state index in [0.717, 1.165) is 0 Å². The molecule has 1 atom stereocenters. The van der Waals surface area contributed by atoms with Gasteiger partial charge in [0.2, 0.25) is 0 Å². The van der Waals surface area contributed by atoms with E-state index in [2.05, 4.69) is 15.0 Å². The number of carbonyl (C=O) groups excluding carboxylic acids is 1. The van der Waals surface area contributed by atoms with Crippen molar-refractivity contribution in [3.05, 3.63) is 29.0 Å². The number of carbonyl (C=O) groups is 1. The lowest BCUT2D eigenvalue weighted by atomic mass is 10.3. The molecule has 0 aliphatic carbocycles. The second-order valence-corrected chi connectivity index (χ2v) is 6.11. The van der Waals surface area contributed by atoms with Crippen molar-refractivity contribution in [2.75, 3.05) is 13.2 Å². The van der Waals surface area contributed by atoms with Crippen LogP contribution in [0, 0.1) is 6.92 Å². The molecule has 9 heteroatoms. The molecule has 2 aromatic heterocycles. The second-order valence-electron chi connectivity index (χ2n) is 4.91. The topological polar surface area (TPSA) is 64.4 Å². The number of hydrogen-bond acceptors (Lipinski definition) is 5. The van der Waals surface area contributed by atoms with Crippen molar-refractivity contribution < 1.29 is 27.1 Å². The van der Waals surface area contributed by atoms with Crippen molar-refractivity contribution in [1.29, 1.82) is 0 Å². The molecule has 0 bridgehead atoms. The zero-order valence-electron chi connectivity index (χ0n) is 12.4. The molecular weight excluding hydrogens is 333 g/mol. The van der Waals surface area contributed by atoms with E-state index in [1.165, 1.54) is 17.6 Å². The number of rotatable bonds is 6. The number of alkyl halides is 3.